The van der Waals surface area contributed by atoms with Crippen LogP contribution in [-0.4, -0.2) is 30.0 Å². The van der Waals surface area contributed by atoms with Crippen LogP contribution in [0.4, 0.5) is 0 Å². The van der Waals surface area contributed by atoms with Crippen molar-refractivity contribution in [2.75, 3.05) is 13.1 Å². The molecule has 0 aromatic heterocycles. The number of rotatable bonds is 5. The van der Waals surface area contributed by atoms with E-state index < -0.39 is 0 Å². The second kappa shape index (κ2) is 7.61. The number of hydrogen-bond donors (Lipinski definition) is 3. The van der Waals surface area contributed by atoms with Gasteiger partial charge in [0.1, 0.15) is 5.75 Å². The van der Waals surface area contributed by atoms with Gasteiger partial charge in [-0.1, -0.05) is 28.1 Å². The Morgan fingerprint density at radius 2 is 1.50 bits per heavy atom. The molecular formula is C16H15BrN2O3. The number of carbonyl (C=O) groups excluding carboxylic acids is 2. The van der Waals surface area contributed by atoms with Crippen molar-refractivity contribution in [3.63, 3.8) is 0 Å². The van der Waals surface area contributed by atoms with Crippen molar-refractivity contribution in [2.45, 2.75) is 0 Å². The van der Waals surface area contributed by atoms with Crippen LogP contribution in [0.1, 0.15) is 20.7 Å². The number of phenolic OH excluding ortho intramolecular Hbond substituents is 1. The molecule has 2 aromatic rings. The standard InChI is InChI=1S/C16H15BrN2O3/c17-12-7-5-11(6-8-12)15(21)18-9-10-19-16(22)13-3-1-2-4-14(13)20/h1-8,20H,9-10H2,(H,18,21)(H,19,22). The summed E-state index contributed by atoms with van der Waals surface area (Å²) in [6, 6.07) is 13.3. The summed E-state index contributed by atoms with van der Waals surface area (Å²) in [5.41, 5.74) is 0.761. The summed E-state index contributed by atoms with van der Waals surface area (Å²) in [5.74, 6) is -0.654. The lowest BCUT2D eigenvalue weighted by atomic mass is 10.2. The number of aromatic hydroxyl groups is 1. The molecule has 3 N–H and O–H groups in total. The number of hydrogen-bond acceptors (Lipinski definition) is 3. The fourth-order valence-corrected chi connectivity index (χ4v) is 2.08. The van der Waals surface area contributed by atoms with E-state index in [9.17, 15) is 14.7 Å². The third kappa shape index (κ3) is 4.33. The number of benzene rings is 2. The molecular weight excluding hydrogens is 348 g/mol. The van der Waals surface area contributed by atoms with E-state index >= 15 is 0 Å². The molecule has 0 heterocycles. The van der Waals surface area contributed by atoms with Crippen LogP contribution in [0.5, 0.6) is 5.75 Å². The number of para-hydroxylation sites is 1. The molecule has 0 aliphatic rings. The predicted molar refractivity (Wildman–Crippen MR) is 86.9 cm³/mol. The molecule has 0 saturated carbocycles. The number of carbonyl (C=O) groups is 2. The van der Waals surface area contributed by atoms with Gasteiger partial charge in [-0.25, -0.2) is 0 Å². The molecule has 0 atom stereocenters. The molecule has 0 spiro atoms. The van der Waals surface area contributed by atoms with Gasteiger partial charge < -0.3 is 15.7 Å². The maximum Gasteiger partial charge on any atom is 0.255 e. The van der Waals surface area contributed by atoms with E-state index in [4.69, 9.17) is 0 Å². The van der Waals surface area contributed by atoms with Gasteiger partial charge in [-0.15, -0.1) is 0 Å². The van der Waals surface area contributed by atoms with E-state index in [1.165, 1.54) is 12.1 Å². The van der Waals surface area contributed by atoms with Gasteiger partial charge in [0, 0.05) is 23.1 Å². The Hall–Kier alpha value is -2.34. The van der Waals surface area contributed by atoms with Crippen molar-refractivity contribution in [1.82, 2.24) is 10.6 Å². The van der Waals surface area contributed by atoms with Gasteiger partial charge in [-0.3, -0.25) is 9.59 Å². The molecule has 114 valence electrons. The first kappa shape index (κ1) is 16.0. The first-order valence-corrected chi connectivity index (χ1v) is 7.47. The monoisotopic (exact) mass is 362 g/mol. The zero-order valence-electron chi connectivity index (χ0n) is 11.7. The highest BCUT2D eigenvalue weighted by Gasteiger charge is 2.09. The van der Waals surface area contributed by atoms with E-state index in [1.807, 2.05) is 0 Å². The Bertz CT molecular complexity index is 671. The molecule has 2 rings (SSSR count). The van der Waals surface area contributed by atoms with Crippen LogP contribution >= 0.6 is 15.9 Å². The molecule has 5 nitrogen and oxygen atoms in total. The number of amides is 2. The predicted octanol–water partition coefficient (Wildman–Crippen LogP) is 2.31. The SMILES string of the molecule is O=C(NCCNC(=O)c1ccccc1O)c1ccc(Br)cc1. The van der Waals surface area contributed by atoms with Gasteiger partial charge >= 0.3 is 0 Å². The molecule has 0 saturated heterocycles. The molecule has 0 unspecified atom stereocenters. The minimum absolute atomic E-state index is 0.0705. The average Bonchev–Trinajstić information content (AvgIpc) is 2.52. The van der Waals surface area contributed by atoms with Gasteiger partial charge in [0.2, 0.25) is 0 Å². The highest BCUT2D eigenvalue weighted by molar-refractivity contribution is 9.10. The number of phenols is 1. The Kier molecular flexibility index (Phi) is 5.55. The maximum atomic E-state index is 11.8. The molecule has 2 aromatic carbocycles. The Morgan fingerprint density at radius 1 is 0.909 bits per heavy atom. The first-order valence-electron chi connectivity index (χ1n) is 6.68. The third-order valence-corrected chi connectivity index (χ3v) is 3.48. The second-order valence-electron chi connectivity index (χ2n) is 4.54. The minimum atomic E-state index is -0.379. The summed E-state index contributed by atoms with van der Waals surface area (Å²) in [7, 11) is 0. The van der Waals surface area contributed by atoms with Crippen molar-refractivity contribution >= 4 is 27.7 Å². The summed E-state index contributed by atoms with van der Waals surface area (Å²) in [6.45, 7) is 0.573. The summed E-state index contributed by atoms with van der Waals surface area (Å²) < 4.78 is 0.902. The summed E-state index contributed by atoms with van der Waals surface area (Å²) in [6.07, 6.45) is 0. The summed E-state index contributed by atoms with van der Waals surface area (Å²) in [4.78, 5) is 23.7. The van der Waals surface area contributed by atoms with Crippen LogP contribution < -0.4 is 10.6 Å². The Balaban J connectivity index is 1.77. The average molecular weight is 363 g/mol. The molecule has 0 bridgehead atoms. The maximum absolute atomic E-state index is 11.8. The summed E-state index contributed by atoms with van der Waals surface area (Å²) >= 11 is 3.30. The van der Waals surface area contributed by atoms with Crippen LogP contribution in [0.2, 0.25) is 0 Å². The number of nitrogens with one attached hydrogen (secondary N) is 2. The fraction of sp³-hybridized carbons (Fsp3) is 0.125. The lowest BCUT2D eigenvalue weighted by Gasteiger charge is -2.08. The second-order valence-corrected chi connectivity index (χ2v) is 5.45. The lowest BCUT2D eigenvalue weighted by molar-refractivity contribution is 0.0926. The first-order chi connectivity index (χ1) is 10.6. The molecule has 0 fully saturated rings. The van der Waals surface area contributed by atoms with E-state index in [2.05, 4.69) is 26.6 Å². The van der Waals surface area contributed by atoms with Crippen LogP contribution in [-0.2, 0) is 0 Å². The normalized spacial score (nSPS) is 10.0. The van der Waals surface area contributed by atoms with Gasteiger partial charge in [-0.05, 0) is 36.4 Å². The van der Waals surface area contributed by atoms with Gasteiger partial charge in [0.05, 0.1) is 5.56 Å². The quantitative estimate of drug-likeness (QED) is 0.714. The zero-order valence-corrected chi connectivity index (χ0v) is 13.3. The van der Waals surface area contributed by atoms with Crippen molar-refractivity contribution in [3.05, 3.63) is 64.1 Å². The van der Waals surface area contributed by atoms with E-state index in [1.54, 1.807) is 36.4 Å². The molecule has 0 aliphatic carbocycles. The fourth-order valence-electron chi connectivity index (χ4n) is 1.82. The van der Waals surface area contributed by atoms with E-state index in [-0.39, 0.29) is 29.7 Å². The minimum Gasteiger partial charge on any atom is -0.507 e. The lowest BCUT2D eigenvalue weighted by Crippen LogP contribution is -2.34. The van der Waals surface area contributed by atoms with Crippen molar-refractivity contribution in [2.24, 2.45) is 0 Å². The van der Waals surface area contributed by atoms with Crippen LogP contribution in [0.25, 0.3) is 0 Å². The highest BCUT2D eigenvalue weighted by Crippen LogP contribution is 2.14. The van der Waals surface area contributed by atoms with E-state index in [0.29, 0.717) is 12.1 Å². The highest BCUT2D eigenvalue weighted by atomic mass is 79.9. The van der Waals surface area contributed by atoms with Crippen LogP contribution in [0, 0.1) is 0 Å². The van der Waals surface area contributed by atoms with Crippen molar-refractivity contribution in [3.8, 4) is 5.75 Å². The third-order valence-electron chi connectivity index (χ3n) is 2.95. The molecule has 6 heteroatoms. The van der Waals surface area contributed by atoms with Gasteiger partial charge in [-0.2, -0.15) is 0 Å². The molecule has 0 radical (unpaired) electrons. The Morgan fingerprint density at radius 3 is 2.14 bits per heavy atom. The van der Waals surface area contributed by atoms with E-state index in [0.717, 1.165) is 4.47 Å². The smallest absolute Gasteiger partial charge is 0.255 e. The van der Waals surface area contributed by atoms with Gasteiger partial charge in [0.25, 0.3) is 11.8 Å². The van der Waals surface area contributed by atoms with Gasteiger partial charge in [0.15, 0.2) is 0 Å². The molecule has 22 heavy (non-hydrogen) atoms. The largest absolute Gasteiger partial charge is 0.507 e. The summed E-state index contributed by atoms with van der Waals surface area (Å²) in [5, 5.41) is 14.9. The van der Waals surface area contributed by atoms with Crippen molar-refractivity contribution in [1.29, 1.82) is 0 Å². The molecule has 0 aliphatic heterocycles. The van der Waals surface area contributed by atoms with Crippen LogP contribution in [0.15, 0.2) is 53.0 Å². The number of halogens is 1. The van der Waals surface area contributed by atoms with Crippen LogP contribution in [0.3, 0.4) is 0 Å². The van der Waals surface area contributed by atoms with Crippen molar-refractivity contribution < 1.29 is 14.7 Å². The molecule has 2 amide bonds. The zero-order chi connectivity index (χ0) is 15.9. The Labute approximate surface area is 136 Å². The topological polar surface area (TPSA) is 78.4 Å².